The predicted molar refractivity (Wildman–Crippen MR) is 148 cm³/mol. The zero-order chi connectivity index (χ0) is 29.0. The number of anilines is 1. The van der Waals surface area contributed by atoms with Gasteiger partial charge in [0.2, 0.25) is 11.8 Å². The zero-order valence-corrected chi connectivity index (χ0v) is 24.1. The number of aromatic nitrogens is 4. The Kier molecular flexibility index (Phi) is 9.56. The smallest absolute Gasteiger partial charge is 0.323 e. The molecule has 14 nitrogen and oxygen atoms in total. The van der Waals surface area contributed by atoms with E-state index in [4.69, 9.17) is 40.8 Å². The number of nitrogen functional groups attached to an aromatic ring is 1. The molecule has 1 aliphatic heterocycles. The number of carbonyl (C=O) groups excluding carboxylic acids is 1. The van der Waals surface area contributed by atoms with Gasteiger partial charge in [0.1, 0.15) is 30.1 Å². The van der Waals surface area contributed by atoms with Crippen molar-refractivity contribution in [1.82, 2.24) is 24.6 Å². The quantitative estimate of drug-likeness (QED) is 0.175. The summed E-state index contributed by atoms with van der Waals surface area (Å²) < 4.78 is 30.1. The van der Waals surface area contributed by atoms with Crippen molar-refractivity contribution in [3.05, 3.63) is 36.7 Å². The van der Waals surface area contributed by atoms with Crippen LogP contribution in [0.4, 0.5) is 5.95 Å². The molecule has 1 fully saturated rings. The maximum Gasteiger partial charge on any atom is 0.323 e. The Morgan fingerprint density at radius 1 is 1.23 bits per heavy atom. The number of esters is 1. The van der Waals surface area contributed by atoms with Crippen LogP contribution in [0.5, 0.6) is 11.6 Å². The van der Waals surface area contributed by atoms with E-state index < -0.39 is 43.2 Å². The molecule has 16 heteroatoms. The van der Waals surface area contributed by atoms with Crippen LogP contribution in [0.15, 0.2) is 36.7 Å². The summed E-state index contributed by atoms with van der Waals surface area (Å²) in [6.45, 7) is 3.51. The second-order valence-electron chi connectivity index (χ2n) is 9.22. The molecule has 3 heterocycles. The van der Waals surface area contributed by atoms with Crippen LogP contribution in [0.25, 0.3) is 11.2 Å². The van der Waals surface area contributed by atoms with Crippen LogP contribution in [0.2, 0.25) is 0 Å². The standard InChI is InChI=1S/C24H33N6O8PS/c1-5-34-21-17-20(27-24(25)28-21)30(12-26-17)22-19(32)18(31)16(37-22)11-35-39(40,38-15-9-7-6-8-10-15)29-14(4)23(33)36-13(2)3/h6-10,12-14,16,18-19,22,31-32H,5,11H2,1-4H3,(H,29,40)(H2,25,27,28). The van der Waals surface area contributed by atoms with Crippen LogP contribution in [0.3, 0.4) is 0 Å². The molecule has 1 saturated heterocycles. The van der Waals surface area contributed by atoms with Gasteiger partial charge in [0, 0.05) is 0 Å². The molecule has 0 amide bonds. The molecule has 0 radical (unpaired) electrons. The number of aliphatic hydroxyl groups excluding tert-OH is 2. The molecule has 0 saturated carbocycles. The minimum Gasteiger partial charge on any atom is -0.476 e. The van der Waals surface area contributed by atoms with Crippen molar-refractivity contribution in [3.8, 4) is 11.6 Å². The highest BCUT2D eigenvalue weighted by molar-refractivity contribution is 8.09. The van der Waals surface area contributed by atoms with Gasteiger partial charge in [-0.1, -0.05) is 18.2 Å². The number of rotatable bonds is 12. The molecule has 0 spiro atoms. The number of nitrogens with one attached hydrogen (secondary N) is 1. The summed E-state index contributed by atoms with van der Waals surface area (Å²) in [6, 6.07) is 7.87. The number of fused-ring (bicyclic) bond motifs is 1. The van der Waals surface area contributed by atoms with Gasteiger partial charge in [-0.15, -0.1) is 0 Å². The fraction of sp³-hybridized carbons (Fsp3) is 0.500. The van der Waals surface area contributed by atoms with Crippen molar-refractivity contribution in [2.24, 2.45) is 0 Å². The minimum atomic E-state index is -3.40. The lowest BCUT2D eigenvalue weighted by Gasteiger charge is -2.28. The van der Waals surface area contributed by atoms with Crippen molar-refractivity contribution >= 4 is 41.5 Å². The molecule has 0 bridgehead atoms. The molecular formula is C24H33N6O8PS. The van der Waals surface area contributed by atoms with E-state index in [0.717, 1.165) is 0 Å². The van der Waals surface area contributed by atoms with Crippen LogP contribution in [0, 0.1) is 0 Å². The van der Waals surface area contributed by atoms with Gasteiger partial charge in [-0.05, 0) is 51.6 Å². The Balaban J connectivity index is 1.52. The van der Waals surface area contributed by atoms with Crippen LogP contribution < -0.4 is 20.1 Å². The topological polar surface area (TPSA) is 185 Å². The number of ether oxygens (including phenoxy) is 3. The van der Waals surface area contributed by atoms with Crippen molar-refractivity contribution in [2.45, 2.75) is 64.4 Å². The number of hydrogen-bond donors (Lipinski definition) is 4. The predicted octanol–water partition coefficient (Wildman–Crippen LogP) is 1.68. The van der Waals surface area contributed by atoms with E-state index in [2.05, 4.69) is 20.0 Å². The molecule has 0 aliphatic carbocycles. The second-order valence-corrected chi connectivity index (χ2v) is 12.4. The Morgan fingerprint density at radius 2 is 1.95 bits per heavy atom. The van der Waals surface area contributed by atoms with Crippen LogP contribution >= 0.6 is 6.64 Å². The molecule has 6 atom stereocenters. The average Bonchev–Trinajstić information content (AvgIpc) is 3.43. The number of carbonyl (C=O) groups is 1. The van der Waals surface area contributed by atoms with E-state index in [1.54, 1.807) is 52.0 Å². The summed E-state index contributed by atoms with van der Waals surface area (Å²) >= 11 is 5.71. The molecule has 2 aromatic heterocycles. The summed E-state index contributed by atoms with van der Waals surface area (Å²) in [5.74, 6) is 0.0183. The summed E-state index contributed by atoms with van der Waals surface area (Å²) in [5, 5.41) is 24.6. The van der Waals surface area contributed by atoms with Crippen molar-refractivity contribution < 1.29 is 38.3 Å². The highest BCUT2D eigenvalue weighted by Gasteiger charge is 2.45. The van der Waals surface area contributed by atoms with Crippen molar-refractivity contribution in [1.29, 1.82) is 0 Å². The number of nitrogens with zero attached hydrogens (tertiary/aromatic N) is 4. The second kappa shape index (κ2) is 12.7. The molecule has 4 rings (SSSR count). The third-order valence-electron chi connectivity index (χ3n) is 5.73. The van der Waals surface area contributed by atoms with Crippen molar-refractivity contribution in [2.75, 3.05) is 18.9 Å². The van der Waals surface area contributed by atoms with E-state index in [9.17, 15) is 15.0 Å². The Morgan fingerprint density at radius 3 is 2.62 bits per heavy atom. The van der Waals surface area contributed by atoms with Gasteiger partial charge in [-0.2, -0.15) is 9.97 Å². The van der Waals surface area contributed by atoms with Gasteiger partial charge in [-0.25, -0.2) is 10.1 Å². The van der Waals surface area contributed by atoms with Gasteiger partial charge in [-0.3, -0.25) is 9.36 Å². The lowest BCUT2D eigenvalue weighted by molar-refractivity contribution is -0.149. The molecule has 5 N–H and O–H groups in total. The first kappa shape index (κ1) is 30.1. The summed E-state index contributed by atoms with van der Waals surface area (Å²) in [6.07, 6.45) is -3.79. The van der Waals surface area contributed by atoms with Gasteiger partial charge in [0.25, 0.3) is 0 Å². The molecule has 40 heavy (non-hydrogen) atoms. The minimum absolute atomic E-state index is 0.0550. The number of imidazole rings is 1. The Bertz CT molecular complexity index is 1360. The highest BCUT2D eigenvalue weighted by Crippen LogP contribution is 2.46. The van der Waals surface area contributed by atoms with E-state index in [1.807, 2.05) is 6.07 Å². The SMILES string of the molecule is CCOc1nc(N)nc2c1ncn2C1OC(COP(=S)(NC(C)C(=O)OC(C)C)Oc2ccccc2)C(O)C1O. The summed E-state index contributed by atoms with van der Waals surface area (Å²) in [7, 11) is 0. The average molecular weight is 597 g/mol. The lowest BCUT2D eigenvalue weighted by Crippen LogP contribution is -2.38. The van der Waals surface area contributed by atoms with Gasteiger partial charge >= 0.3 is 12.6 Å². The number of aliphatic hydroxyl groups is 2. The van der Waals surface area contributed by atoms with Crippen LogP contribution in [-0.2, 0) is 30.6 Å². The van der Waals surface area contributed by atoms with E-state index >= 15 is 0 Å². The third-order valence-corrected chi connectivity index (χ3v) is 8.23. The monoisotopic (exact) mass is 596 g/mol. The number of benzene rings is 1. The number of para-hydroxylation sites is 1. The first-order valence-corrected chi connectivity index (χ1v) is 15.3. The highest BCUT2D eigenvalue weighted by atomic mass is 32.5. The summed E-state index contributed by atoms with van der Waals surface area (Å²) in [4.78, 5) is 25.0. The van der Waals surface area contributed by atoms with Gasteiger partial charge in [0.05, 0.1) is 25.6 Å². The Hall–Kier alpha value is -2.91. The Labute approximate surface area is 236 Å². The first-order chi connectivity index (χ1) is 19.0. The summed E-state index contributed by atoms with van der Waals surface area (Å²) in [5.41, 5.74) is 6.41. The number of nitrogens with two attached hydrogens (primary N) is 1. The fourth-order valence-electron chi connectivity index (χ4n) is 3.93. The van der Waals surface area contributed by atoms with Gasteiger partial charge < -0.3 is 39.2 Å². The van der Waals surface area contributed by atoms with E-state index in [-0.39, 0.29) is 30.2 Å². The van der Waals surface area contributed by atoms with Crippen LogP contribution in [-0.4, -0.2) is 79.4 Å². The number of hydrogen-bond acceptors (Lipinski definition) is 13. The maximum absolute atomic E-state index is 12.5. The lowest BCUT2D eigenvalue weighted by atomic mass is 10.1. The molecule has 1 aliphatic rings. The fourth-order valence-corrected chi connectivity index (χ4v) is 6.35. The molecule has 218 valence electrons. The molecular weight excluding hydrogens is 563 g/mol. The largest absolute Gasteiger partial charge is 0.476 e. The van der Waals surface area contributed by atoms with Crippen LogP contribution in [0.1, 0.15) is 33.9 Å². The first-order valence-electron chi connectivity index (χ1n) is 12.6. The van der Waals surface area contributed by atoms with E-state index in [0.29, 0.717) is 17.9 Å². The third kappa shape index (κ3) is 6.86. The molecule has 3 aromatic rings. The van der Waals surface area contributed by atoms with Crippen molar-refractivity contribution in [3.63, 3.8) is 0 Å². The van der Waals surface area contributed by atoms with Gasteiger partial charge in [0.15, 0.2) is 17.4 Å². The normalized spacial score (nSPS) is 23.2. The zero-order valence-electron chi connectivity index (χ0n) is 22.4. The maximum atomic E-state index is 12.5. The molecule has 1 aromatic carbocycles. The molecule has 6 unspecified atom stereocenters. The van der Waals surface area contributed by atoms with E-state index in [1.165, 1.54) is 10.9 Å².